The van der Waals surface area contributed by atoms with Crippen LogP contribution >= 0.6 is 15.9 Å². The molecular weight excluding hydrogens is 380 g/mol. The lowest BCUT2D eigenvalue weighted by atomic mass is 10.0. The van der Waals surface area contributed by atoms with Crippen LogP contribution in [0.2, 0.25) is 0 Å². The number of carbonyl (C=O) groups is 1. The molecule has 0 aliphatic rings. The molecule has 3 aromatic rings. The Morgan fingerprint density at radius 2 is 1.76 bits per heavy atom. The Bertz CT molecular complexity index is 991. The number of hydrogen-bond donors (Lipinski definition) is 2. The fourth-order valence-corrected chi connectivity index (χ4v) is 3.08. The van der Waals surface area contributed by atoms with Crippen LogP contribution < -0.4 is 10.9 Å². The quantitative estimate of drug-likeness (QED) is 0.700. The Morgan fingerprint density at radius 3 is 2.48 bits per heavy atom. The topological polar surface area (TPSA) is 62.0 Å². The third kappa shape index (κ3) is 3.82. The number of aryl methyl sites for hydroxylation is 2. The lowest BCUT2D eigenvalue weighted by Gasteiger charge is -2.09. The molecule has 0 aliphatic heterocycles. The van der Waals surface area contributed by atoms with E-state index in [1.54, 1.807) is 12.1 Å². The van der Waals surface area contributed by atoms with Crippen molar-refractivity contribution in [2.75, 3.05) is 6.54 Å². The zero-order valence-electron chi connectivity index (χ0n) is 14.2. The monoisotopic (exact) mass is 398 g/mol. The van der Waals surface area contributed by atoms with Crippen LogP contribution in [0.5, 0.6) is 0 Å². The number of halogens is 1. The first kappa shape index (κ1) is 17.4. The van der Waals surface area contributed by atoms with E-state index in [9.17, 15) is 9.59 Å². The molecule has 0 fully saturated rings. The minimum Gasteiger partial charge on any atom is -0.352 e. The summed E-state index contributed by atoms with van der Waals surface area (Å²) in [6.07, 6.45) is 0.487. The number of hydrogen-bond acceptors (Lipinski definition) is 2. The molecule has 0 bridgehead atoms. The smallest absolute Gasteiger partial charge is 0.251 e. The minimum absolute atomic E-state index is 0.0981. The summed E-state index contributed by atoms with van der Waals surface area (Å²) in [4.78, 5) is 27.4. The summed E-state index contributed by atoms with van der Waals surface area (Å²) in [5, 5.41) is 3.91. The molecule has 0 unspecified atom stereocenters. The Balaban J connectivity index is 1.74. The van der Waals surface area contributed by atoms with E-state index in [4.69, 9.17) is 0 Å². The van der Waals surface area contributed by atoms with E-state index >= 15 is 0 Å². The molecule has 0 saturated carbocycles. The van der Waals surface area contributed by atoms with Crippen molar-refractivity contribution in [2.24, 2.45) is 0 Å². The molecule has 4 nitrogen and oxygen atoms in total. The number of pyridine rings is 1. The van der Waals surface area contributed by atoms with Gasteiger partial charge in [0.15, 0.2) is 0 Å². The molecule has 1 aromatic heterocycles. The van der Waals surface area contributed by atoms with Crippen LogP contribution in [0.4, 0.5) is 0 Å². The highest BCUT2D eigenvalue weighted by Gasteiger charge is 2.09. The SMILES string of the molecule is Cc1ccc(C)c2[nH]c(=O)c(CCNC(=O)c3ccc(Br)cc3)cc12. The standard InChI is InChI=1S/C20H19BrN2O2/c1-12-3-4-13(2)18-17(12)11-15(20(25)23-18)9-10-22-19(24)14-5-7-16(21)8-6-14/h3-8,11H,9-10H2,1-2H3,(H,22,24)(H,23,25). The minimum atomic E-state index is -0.142. The van der Waals surface area contributed by atoms with Gasteiger partial charge in [-0.3, -0.25) is 9.59 Å². The second-order valence-corrected chi connectivity index (χ2v) is 7.04. The number of aromatic nitrogens is 1. The number of rotatable bonds is 4. The van der Waals surface area contributed by atoms with Crippen LogP contribution in [0, 0.1) is 13.8 Å². The average molecular weight is 399 g/mol. The Labute approximate surface area is 154 Å². The van der Waals surface area contributed by atoms with Gasteiger partial charge in [-0.25, -0.2) is 0 Å². The van der Waals surface area contributed by atoms with E-state index in [-0.39, 0.29) is 11.5 Å². The van der Waals surface area contributed by atoms with E-state index in [2.05, 4.69) is 32.3 Å². The summed E-state index contributed by atoms with van der Waals surface area (Å²) in [5.41, 5.74) is 4.23. The predicted molar refractivity (Wildman–Crippen MR) is 104 cm³/mol. The second kappa shape index (κ2) is 7.23. The zero-order valence-corrected chi connectivity index (χ0v) is 15.7. The first-order valence-corrected chi connectivity index (χ1v) is 8.91. The van der Waals surface area contributed by atoms with Crippen LogP contribution in [0.1, 0.15) is 27.0 Å². The van der Waals surface area contributed by atoms with Crippen LogP contribution in [0.3, 0.4) is 0 Å². The van der Waals surface area contributed by atoms with Crippen molar-refractivity contribution in [1.82, 2.24) is 10.3 Å². The third-order valence-corrected chi connectivity index (χ3v) is 4.84. The van der Waals surface area contributed by atoms with Gasteiger partial charge in [0.25, 0.3) is 11.5 Å². The van der Waals surface area contributed by atoms with Gasteiger partial charge in [-0.2, -0.15) is 0 Å². The summed E-state index contributed by atoms with van der Waals surface area (Å²) in [7, 11) is 0. The number of nitrogens with one attached hydrogen (secondary N) is 2. The summed E-state index contributed by atoms with van der Waals surface area (Å²) in [5.74, 6) is -0.142. The van der Waals surface area contributed by atoms with Gasteiger partial charge in [0.2, 0.25) is 0 Å². The van der Waals surface area contributed by atoms with Gasteiger partial charge in [-0.05, 0) is 61.7 Å². The van der Waals surface area contributed by atoms with E-state index in [0.29, 0.717) is 24.1 Å². The lowest BCUT2D eigenvalue weighted by molar-refractivity contribution is 0.0954. The molecule has 128 valence electrons. The van der Waals surface area contributed by atoms with Gasteiger partial charge in [-0.15, -0.1) is 0 Å². The lowest BCUT2D eigenvalue weighted by Crippen LogP contribution is -2.27. The fraction of sp³-hybridized carbons (Fsp3) is 0.200. The van der Waals surface area contributed by atoms with E-state index in [1.165, 1.54) is 0 Å². The molecule has 0 atom stereocenters. The summed E-state index contributed by atoms with van der Waals surface area (Å²) >= 11 is 3.35. The van der Waals surface area contributed by atoms with E-state index in [1.807, 2.05) is 38.1 Å². The number of fused-ring (bicyclic) bond motifs is 1. The van der Waals surface area contributed by atoms with Gasteiger partial charge < -0.3 is 10.3 Å². The normalized spacial score (nSPS) is 10.8. The maximum atomic E-state index is 12.3. The molecule has 0 saturated heterocycles. The Hall–Kier alpha value is -2.40. The number of benzene rings is 2. The highest BCUT2D eigenvalue weighted by molar-refractivity contribution is 9.10. The van der Waals surface area contributed by atoms with Crippen molar-refractivity contribution in [3.05, 3.63) is 79.5 Å². The molecule has 2 aromatic carbocycles. The van der Waals surface area contributed by atoms with Crippen molar-refractivity contribution in [3.8, 4) is 0 Å². The largest absolute Gasteiger partial charge is 0.352 e. The van der Waals surface area contributed by atoms with Crippen LogP contribution in [-0.2, 0) is 6.42 Å². The van der Waals surface area contributed by atoms with Crippen molar-refractivity contribution >= 4 is 32.7 Å². The van der Waals surface area contributed by atoms with E-state index in [0.717, 1.165) is 26.5 Å². The van der Waals surface area contributed by atoms with Gasteiger partial charge >= 0.3 is 0 Å². The van der Waals surface area contributed by atoms with Crippen molar-refractivity contribution < 1.29 is 4.79 Å². The highest BCUT2D eigenvalue weighted by Crippen LogP contribution is 2.19. The molecule has 0 spiro atoms. The average Bonchev–Trinajstić information content (AvgIpc) is 2.60. The molecule has 0 radical (unpaired) electrons. The molecule has 1 amide bonds. The molecular formula is C20H19BrN2O2. The molecule has 1 heterocycles. The van der Waals surface area contributed by atoms with Gasteiger partial charge in [0.1, 0.15) is 0 Å². The van der Waals surface area contributed by atoms with Crippen molar-refractivity contribution in [1.29, 1.82) is 0 Å². The summed E-state index contributed by atoms with van der Waals surface area (Å²) in [6.45, 7) is 4.42. The van der Waals surface area contributed by atoms with Crippen molar-refractivity contribution in [2.45, 2.75) is 20.3 Å². The molecule has 3 rings (SSSR count). The van der Waals surface area contributed by atoms with E-state index < -0.39 is 0 Å². The Morgan fingerprint density at radius 1 is 1.08 bits per heavy atom. The third-order valence-electron chi connectivity index (χ3n) is 4.31. The van der Waals surface area contributed by atoms with Crippen LogP contribution in [0.25, 0.3) is 10.9 Å². The second-order valence-electron chi connectivity index (χ2n) is 6.12. The van der Waals surface area contributed by atoms with Crippen molar-refractivity contribution in [3.63, 3.8) is 0 Å². The highest BCUT2D eigenvalue weighted by atomic mass is 79.9. The maximum absolute atomic E-state index is 12.3. The fourth-order valence-electron chi connectivity index (χ4n) is 2.82. The van der Waals surface area contributed by atoms with Crippen LogP contribution in [-0.4, -0.2) is 17.4 Å². The first-order valence-electron chi connectivity index (χ1n) is 8.11. The van der Waals surface area contributed by atoms with Gasteiger partial charge in [-0.1, -0.05) is 28.1 Å². The number of amides is 1. The number of H-pyrrole nitrogens is 1. The Kier molecular flexibility index (Phi) is 5.04. The first-order chi connectivity index (χ1) is 12.0. The molecule has 2 N–H and O–H groups in total. The van der Waals surface area contributed by atoms with Crippen LogP contribution in [0.15, 0.2) is 51.7 Å². The predicted octanol–water partition coefficient (Wildman–Crippen LogP) is 3.88. The van der Waals surface area contributed by atoms with Gasteiger partial charge in [0, 0.05) is 27.5 Å². The summed E-state index contributed by atoms with van der Waals surface area (Å²) in [6, 6.07) is 13.2. The maximum Gasteiger partial charge on any atom is 0.251 e. The molecule has 0 aliphatic carbocycles. The number of carbonyl (C=O) groups excluding carboxylic acids is 1. The summed E-state index contributed by atoms with van der Waals surface area (Å²) < 4.78 is 0.928. The molecule has 25 heavy (non-hydrogen) atoms. The van der Waals surface area contributed by atoms with Gasteiger partial charge in [0.05, 0.1) is 5.52 Å². The molecule has 5 heteroatoms. The zero-order chi connectivity index (χ0) is 18.0. The number of aromatic amines is 1.